The number of carbonyl (C=O) groups excluding carboxylic acids is 2. The normalized spacial score (nSPS) is 20.3. The van der Waals surface area contributed by atoms with Crippen LogP contribution in [0.2, 0.25) is 0 Å². The largest absolute Gasteiger partial charge is 0.490 e. The van der Waals surface area contributed by atoms with Crippen molar-refractivity contribution in [1.82, 2.24) is 15.2 Å². The number of hydrogen-bond donors (Lipinski definition) is 1. The van der Waals surface area contributed by atoms with Crippen LogP contribution in [-0.4, -0.2) is 52.2 Å². The number of likely N-dealkylation sites (tertiary alicyclic amines) is 1. The molecule has 2 aliphatic rings. The fourth-order valence-corrected chi connectivity index (χ4v) is 3.71. The SMILES string of the molecule is [C-]#[N+]c1ccc(OC2CC2)c(-c2cnc(C(=O)N[C@@H]3C[C@@H](C)N(C(=O)OC(C)(C)C)C3)o2)c1. The number of amides is 2. The fraction of sp³-hybridized carbons (Fsp3) is 0.500. The molecule has 33 heavy (non-hydrogen) atoms. The minimum atomic E-state index is -0.584. The molecule has 2 fully saturated rings. The van der Waals surface area contributed by atoms with E-state index < -0.39 is 17.6 Å². The molecule has 4 rings (SSSR count). The average Bonchev–Trinajstić information content (AvgIpc) is 3.28. The average molecular weight is 453 g/mol. The molecule has 1 N–H and O–H groups in total. The summed E-state index contributed by atoms with van der Waals surface area (Å²) >= 11 is 0. The van der Waals surface area contributed by atoms with Crippen LogP contribution in [0.4, 0.5) is 10.5 Å². The van der Waals surface area contributed by atoms with E-state index in [0.717, 1.165) is 12.8 Å². The maximum atomic E-state index is 12.8. The van der Waals surface area contributed by atoms with Gasteiger partial charge in [-0.1, -0.05) is 6.07 Å². The molecule has 1 aliphatic carbocycles. The van der Waals surface area contributed by atoms with Crippen LogP contribution in [0, 0.1) is 6.57 Å². The van der Waals surface area contributed by atoms with Crippen LogP contribution in [0.15, 0.2) is 28.8 Å². The molecule has 9 nitrogen and oxygen atoms in total. The summed E-state index contributed by atoms with van der Waals surface area (Å²) in [7, 11) is 0. The van der Waals surface area contributed by atoms with Gasteiger partial charge in [-0.2, -0.15) is 0 Å². The summed E-state index contributed by atoms with van der Waals surface area (Å²) in [4.78, 5) is 34.4. The Morgan fingerprint density at radius 2 is 2.06 bits per heavy atom. The summed E-state index contributed by atoms with van der Waals surface area (Å²) in [5.41, 5.74) is 0.449. The number of hydrogen-bond acceptors (Lipinski definition) is 6. The van der Waals surface area contributed by atoms with Crippen LogP contribution in [0.5, 0.6) is 5.75 Å². The van der Waals surface area contributed by atoms with Gasteiger partial charge >= 0.3 is 12.0 Å². The van der Waals surface area contributed by atoms with Gasteiger partial charge in [0.15, 0.2) is 11.4 Å². The predicted molar refractivity (Wildman–Crippen MR) is 120 cm³/mol. The Balaban J connectivity index is 1.44. The summed E-state index contributed by atoms with van der Waals surface area (Å²) in [6, 6.07) is 4.80. The summed E-state index contributed by atoms with van der Waals surface area (Å²) in [6.45, 7) is 15.0. The van der Waals surface area contributed by atoms with Gasteiger partial charge in [-0.3, -0.25) is 4.79 Å². The van der Waals surface area contributed by atoms with Crippen LogP contribution in [0.25, 0.3) is 16.2 Å². The molecule has 2 atom stereocenters. The van der Waals surface area contributed by atoms with Gasteiger partial charge in [-0.25, -0.2) is 14.6 Å². The second-order valence-electron chi connectivity index (χ2n) is 9.53. The van der Waals surface area contributed by atoms with Crippen molar-refractivity contribution in [3.05, 3.63) is 41.7 Å². The minimum absolute atomic E-state index is 0.0660. The quantitative estimate of drug-likeness (QED) is 0.668. The first-order valence-corrected chi connectivity index (χ1v) is 11.1. The zero-order valence-corrected chi connectivity index (χ0v) is 19.3. The van der Waals surface area contributed by atoms with E-state index in [1.54, 1.807) is 23.1 Å². The van der Waals surface area contributed by atoms with E-state index in [0.29, 0.717) is 35.7 Å². The summed E-state index contributed by atoms with van der Waals surface area (Å²) in [5.74, 6) is 0.413. The van der Waals surface area contributed by atoms with Gasteiger partial charge in [0, 0.05) is 18.6 Å². The maximum absolute atomic E-state index is 12.8. The van der Waals surface area contributed by atoms with E-state index >= 15 is 0 Å². The van der Waals surface area contributed by atoms with Gasteiger partial charge in [0.2, 0.25) is 0 Å². The number of rotatable bonds is 5. The van der Waals surface area contributed by atoms with E-state index in [9.17, 15) is 9.59 Å². The molecular weight excluding hydrogens is 424 g/mol. The van der Waals surface area contributed by atoms with E-state index in [-0.39, 0.29) is 24.1 Å². The maximum Gasteiger partial charge on any atom is 0.410 e. The number of ether oxygens (including phenoxy) is 2. The van der Waals surface area contributed by atoms with Crippen LogP contribution < -0.4 is 10.1 Å². The lowest BCUT2D eigenvalue weighted by Gasteiger charge is -2.26. The topological polar surface area (TPSA) is 98.3 Å². The van der Waals surface area contributed by atoms with Gasteiger partial charge in [-0.15, -0.1) is 0 Å². The standard InChI is InChI=1S/C24H28N4O5/c1-14-10-16(13-28(14)23(30)33-24(2,3)4)27-21(29)22-26-12-20(32-22)18-11-15(25-5)6-9-19(18)31-17-7-8-17/h6,9,11-12,14,16-17H,7-8,10,13H2,1-4H3,(H,27,29)/t14-,16-/m1/s1. The molecule has 2 amide bonds. The Kier molecular flexibility index (Phi) is 6.02. The molecule has 1 saturated carbocycles. The van der Waals surface area contributed by atoms with E-state index in [2.05, 4.69) is 15.1 Å². The molecular formula is C24H28N4O5. The zero-order valence-electron chi connectivity index (χ0n) is 19.3. The molecule has 0 bridgehead atoms. The highest BCUT2D eigenvalue weighted by atomic mass is 16.6. The lowest BCUT2D eigenvalue weighted by molar-refractivity contribution is 0.0235. The van der Waals surface area contributed by atoms with Crippen molar-refractivity contribution in [3.63, 3.8) is 0 Å². The van der Waals surface area contributed by atoms with E-state index in [1.165, 1.54) is 6.20 Å². The van der Waals surface area contributed by atoms with Crippen molar-refractivity contribution in [2.45, 2.75) is 70.7 Å². The smallest absolute Gasteiger partial charge is 0.410 e. The molecule has 0 radical (unpaired) electrons. The zero-order chi connectivity index (χ0) is 23.8. The third-order valence-corrected chi connectivity index (χ3v) is 5.41. The summed E-state index contributed by atoms with van der Waals surface area (Å²) in [6.07, 6.45) is 3.83. The molecule has 0 spiro atoms. The molecule has 0 unspecified atom stereocenters. The predicted octanol–water partition coefficient (Wildman–Crippen LogP) is 4.56. The first kappa shape index (κ1) is 22.6. The number of carbonyl (C=O) groups is 2. The molecule has 1 aromatic heterocycles. The lowest BCUT2D eigenvalue weighted by Crippen LogP contribution is -2.41. The molecule has 1 saturated heterocycles. The van der Waals surface area contributed by atoms with Crippen molar-refractivity contribution < 1.29 is 23.5 Å². The highest BCUT2D eigenvalue weighted by Gasteiger charge is 2.36. The monoisotopic (exact) mass is 452 g/mol. The molecule has 9 heteroatoms. The molecule has 1 aliphatic heterocycles. The second-order valence-corrected chi connectivity index (χ2v) is 9.53. The van der Waals surface area contributed by atoms with Crippen molar-refractivity contribution >= 4 is 17.7 Å². The first-order chi connectivity index (χ1) is 15.6. The Morgan fingerprint density at radius 1 is 1.30 bits per heavy atom. The number of nitrogens with one attached hydrogen (secondary N) is 1. The Morgan fingerprint density at radius 3 is 2.73 bits per heavy atom. The van der Waals surface area contributed by atoms with Crippen LogP contribution in [-0.2, 0) is 4.74 Å². The number of benzene rings is 1. The Bertz CT molecular complexity index is 1090. The molecule has 174 valence electrons. The third-order valence-electron chi connectivity index (χ3n) is 5.41. The van der Waals surface area contributed by atoms with E-state index in [1.807, 2.05) is 27.7 Å². The minimum Gasteiger partial charge on any atom is -0.490 e. The van der Waals surface area contributed by atoms with Gasteiger partial charge in [0.1, 0.15) is 11.4 Å². The van der Waals surface area contributed by atoms with E-state index in [4.69, 9.17) is 20.5 Å². The summed E-state index contributed by atoms with van der Waals surface area (Å²) in [5, 5.41) is 2.89. The highest BCUT2D eigenvalue weighted by Crippen LogP contribution is 2.37. The van der Waals surface area contributed by atoms with Crippen molar-refractivity contribution in [3.8, 4) is 17.1 Å². The highest BCUT2D eigenvalue weighted by molar-refractivity contribution is 5.90. The van der Waals surface area contributed by atoms with Gasteiger partial charge in [0.25, 0.3) is 5.89 Å². The number of oxazole rings is 1. The van der Waals surface area contributed by atoms with Crippen LogP contribution >= 0.6 is 0 Å². The second kappa shape index (κ2) is 8.77. The van der Waals surface area contributed by atoms with Gasteiger partial charge < -0.3 is 24.1 Å². The molecule has 1 aromatic carbocycles. The fourth-order valence-electron chi connectivity index (χ4n) is 3.71. The van der Waals surface area contributed by atoms with Crippen molar-refractivity contribution in [2.75, 3.05) is 6.54 Å². The Hall–Kier alpha value is -3.54. The van der Waals surface area contributed by atoms with Crippen molar-refractivity contribution in [2.24, 2.45) is 0 Å². The third kappa shape index (κ3) is 5.45. The van der Waals surface area contributed by atoms with Crippen molar-refractivity contribution in [1.29, 1.82) is 0 Å². The van der Waals surface area contributed by atoms with Crippen LogP contribution in [0.1, 0.15) is 57.6 Å². The summed E-state index contributed by atoms with van der Waals surface area (Å²) < 4.78 is 17.1. The van der Waals surface area contributed by atoms with Crippen LogP contribution in [0.3, 0.4) is 0 Å². The Labute approximate surface area is 192 Å². The lowest BCUT2D eigenvalue weighted by atomic mass is 10.1. The van der Waals surface area contributed by atoms with Gasteiger partial charge in [0.05, 0.1) is 24.4 Å². The molecule has 2 heterocycles. The molecule has 2 aromatic rings. The number of aromatic nitrogens is 1. The van der Waals surface area contributed by atoms with Gasteiger partial charge in [-0.05, 0) is 59.1 Å². The number of nitrogens with zero attached hydrogens (tertiary/aromatic N) is 3. The first-order valence-electron chi connectivity index (χ1n) is 11.1.